The molecule has 0 bridgehead atoms. The van der Waals surface area contributed by atoms with Gasteiger partial charge in [-0.3, -0.25) is 4.79 Å². The summed E-state index contributed by atoms with van der Waals surface area (Å²) in [6.07, 6.45) is -3.36. The summed E-state index contributed by atoms with van der Waals surface area (Å²) in [7, 11) is 0. The first-order chi connectivity index (χ1) is 13.7. The predicted molar refractivity (Wildman–Crippen MR) is 97.7 cm³/mol. The van der Waals surface area contributed by atoms with Gasteiger partial charge in [-0.2, -0.15) is 13.2 Å². The van der Waals surface area contributed by atoms with Gasteiger partial charge in [-0.1, -0.05) is 12.1 Å². The maximum absolute atomic E-state index is 13.4. The van der Waals surface area contributed by atoms with Crippen LogP contribution in [0.3, 0.4) is 0 Å². The number of nitrogens with two attached hydrogens (primary N) is 1. The van der Waals surface area contributed by atoms with Crippen LogP contribution in [0.2, 0.25) is 0 Å². The lowest BCUT2D eigenvalue weighted by molar-refractivity contribution is -0.140. The fourth-order valence-electron chi connectivity index (χ4n) is 2.53. The zero-order valence-electron chi connectivity index (χ0n) is 14.8. The van der Waals surface area contributed by atoms with Crippen molar-refractivity contribution in [1.82, 2.24) is 10.3 Å². The Morgan fingerprint density at radius 1 is 1.07 bits per heavy atom. The Balaban J connectivity index is 1.70. The number of anilines is 1. The topological polar surface area (TPSA) is 77.2 Å². The second-order valence-electron chi connectivity index (χ2n) is 6.01. The molecule has 29 heavy (non-hydrogen) atoms. The Hall–Kier alpha value is -3.62. The Bertz CT molecular complexity index is 1040. The third-order valence-electron chi connectivity index (χ3n) is 3.91. The number of benzene rings is 2. The third kappa shape index (κ3) is 5.01. The summed E-state index contributed by atoms with van der Waals surface area (Å²) < 4.78 is 57.3. The van der Waals surface area contributed by atoms with Gasteiger partial charge in [0.05, 0.1) is 11.1 Å². The van der Waals surface area contributed by atoms with E-state index in [2.05, 4.69) is 10.3 Å². The van der Waals surface area contributed by atoms with Crippen molar-refractivity contribution in [2.75, 3.05) is 5.73 Å². The van der Waals surface area contributed by atoms with Crippen molar-refractivity contribution in [3.8, 4) is 11.5 Å². The van der Waals surface area contributed by atoms with E-state index in [9.17, 15) is 22.4 Å². The van der Waals surface area contributed by atoms with Gasteiger partial charge < -0.3 is 15.8 Å². The molecule has 1 heterocycles. The van der Waals surface area contributed by atoms with Crippen LogP contribution in [-0.4, -0.2) is 10.9 Å². The van der Waals surface area contributed by atoms with Crippen LogP contribution in [0, 0.1) is 5.82 Å². The molecule has 0 unspecified atom stereocenters. The quantitative estimate of drug-likeness (QED) is 0.611. The summed E-state index contributed by atoms with van der Waals surface area (Å²) >= 11 is 0. The highest BCUT2D eigenvalue weighted by molar-refractivity contribution is 5.98. The minimum atomic E-state index is -4.83. The zero-order valence-corrected chi connectivity index (χ0v) is 14.8. The first-order valence-corrected chi connectivity index (χ1v) is 8.36. The number of amides is 1. The molecule has 0 radical (unpaired) electrons. The number of alkyl halides is 3. The highest BCUT2D eigenvalue weighted by Gasteiger charge is 2.34. The van der Waals surface area contributed by atoms with Crippen molar-refractivity contribution >= 4 is 11.7 Å². The van der Waals surface area contributed by atoms with Crippen LogP contribution in [0.15, 0.2) is 60.8 Å². The van der Waals surface area contributed by atoms with Crippen molar-refractivity contribution in [3.63, 3.8) is 0 Å². The van der Waals surface area contributed by atoms with Gasteiger partial charge in [-0.25, -0.2) is 9.37 Å². The Labute approximate surface area is 163 Å². The number of aromatic nitrogens is 1. The number of hydrogen-bond donors (Lipinski definition) is 2. The van der Waals surface area contributed by atoms with E-state index in [4.69, 9.17) is 10.5 Å². The standard InChI is InChI=1S/C20H15F4N3O2/c21-17-7-6-14(10-16(17)20(22,23)24)29-13-4-1-3-12(9-13)11-27-19(28)15-5-2-8-26-18(15)25/h1-10H,11H2,(H2,25,26)(H,27,28). The van der Waals surface area contributed by atoms with Crippen LogP contribution in [0.1, 0.15) is 21.5 Å². The predicted octanol–water partition coefficient (Wildman–Crippen LogP) is 4.54. The Morgan fingerprint density at radius 3 is 2.55 bits per heavy atom. The number of carbonyl (C=O) groups is 1. The van der Waals surface area contributed by atoms with Crippen molar-refractivity contribution in [1.29, 1.82) is 0 Å². The van der Waals surface area contributed by atoms with Crippen LogP contribution < -0.4 is 15.8 Å². The molecule has 3 N–H and O–H groups in total. The number of nitrogens with zero attached hydrogens (tertiary/aromatic N) is 1. The van der Waals surface area contributed by atoms with Gasteiger partial charge in [0, 0.05) is 12.7 Å². The summed E-state index contributed by atoms with van der Waals surface area (Å²) in [5, 5.41) is 2.67. The van der Waals surface area contributed by atoms with Gasteiger partial charge in [-0.05, 0) is 48.0 Å². The molecule has 0 fully saturated rings. The summed E-state index contributed by atoms with van der Waals surface area (Å²) in [5.41, 5.74) is 5.11. The van der Waals surface area contributed by atoms with Gasteiger partial charge in [0.2, 0.25) is 0 Å². The molecule has 0 aliphatic carbocycles. The highest BCUT2D eigenvalue weighted by atomic mass is 19.4. The summed E-state index contributed by atoms with van der Waals surface area (Å²) in [4.78, 5) is 16.0. The molecule has 0 saturated heterocycles. The van der Waals surface area contributed by atoms with E-state index >= 15 is 0 Å². The monoisotopic (exact) mass is 405 g/mol. The molecule has 0 atom stereocenters. The lowest BCUT2D eigenvalue weighted by atomic mass is 10.2. The van der Waals surface area contributed by atoms with E-state index < -0.39 is 23.5 Å². The number of nitrogens with one attached hydrogen (secondary N) is 1. The van der Waals surface area contributed by atoms with Crippen LogP contribution in [-0.2, 0) is 12.7 Å². The SMILES string of the molecule is Nc1ncccc1C(=O)NCc1cccc(Oc2ccc(F)c(C(F)(F)F)c2)c1. The van der Waals surface area contributed by atoms with Gasteiger partial charge in [0.15, 0.2) is 0 Å². The third-order valence-corrected chi connectivity index (χ3v) is 3.91. The molecule has 1 aromatic heterocycles. The molecular formula is C20H15F4N3O2. The smallest absolute Gasteiger partial charge is 0.419 e. The number of pyridine rings is 1. The van der Waals surface area contributed by atoms with Crippen molar-refractivity contribution in [3.05, 3.63) is 83.3 Å². The molecule has 5 nitrogen and oxygen atoms in total. The molecule has 0 aliphatic rings. The molecule has 0 aliphatic heterocycles. The number of nitrogen functional groups attached to an aromatic ring is 1. The summed E-state index contributed by atoms with van der Waals surface area (Å²) in [6.45, 7) is 0.127. The molecule has 150 valence electrons. The van der Waals surface area contributed by atoms with E-state index in [0.717, 1.165) is 6.07 Å². The molecule has 0 saturated carbocycles. The number of ether oxygens (including phenoxy) is 1. The van der Waals surface area contributed by atoms with Gasteiger partial charge in [-0.15, -0.1) is 0 Å². The van der Waals surface area contributed by atoms with Crippen LogP contribution >= 0.6 is 0 Å². The summed E-state index contributed by atoms with van der Waals surface area (Å²) in [6, 6.07) is 11.9. The minimum Gasteiger partial charge on any atom is -0.457 e. The highest BCUT2D eigenvalue weighted by Crippen LogP contribution is 2.34. The molecule has 3 rings (SSSR count). The van der Waals surface area contributed by atoms with E-state index in [1.54, 1.807) is 24.3 Å². The fraction of sp³-hybridized carbons (Fsp3) is 0.100. The lowest BCUT2D eigenvalue weighted by Crippen LogP contribution is -2.24. The number of carbonyl (C=O) groups excluding carboxylic acids is 1. The maximum atomic E-state index is 13.4. The van der Waals surface area contributed by atoms with E-state index in [1.165, 1.54) is 18.3 Å². The van der Waals surface area contributed by atoms with Crippen LogP contribution in [0.4, 0.5) is 23.4 Å². The first kappa shape index (κ1) is 20.1. The summed E-state index contributed by atoms with van der Waals surface area (Å²) in [5.74, 6) is -1.63. The van der Waals surface area contributed by atoms with E-state index in [0.29, 0.717) is 17.7 Å². The number of rotatable bonds is 5. The van der Waals surface area contributed by atoms with E-state index in [1.807, 2.05) is 0 Å². The minimum absolute atomic E-state index is 0.0962. The average Bonchev–Trinajstić information content (AvgIpc) is 2.67. The molecule has 1 amide bonds. The van der Waals surface area contributed by atoms with Crippen molar-refractivity contribution in [2.24, 2.45) is 0 Å². The fourth-order valence-corrected chi connectivity index (χ4v) is 2.53. The Morgan fingerprint density at radius 2 is 1.83 bits per heavy atom. The van der Waals surface area contributed by atoms with Crippen molar-refractivity contribution in [2.45, 2.75) is 12.7 Å². The largest absolute Gasteiger partial charge is 0.457 e. The molecule has 0 spiro atoms. The van der Waals surface area contributed by atoms with Crippen molar-refractivity contribution < 1.29 is 27.1 Å². The molecule has 3 aromatic rings. The first-order valence-electron chi connectivity index (χ1n) is 8.36. The average molecular weight is 405 g/mol. The van der Waals surface area contributed by atoms with Gasteiger partial charge in [0.25, 0.3) is 5.91 Å². The maximum Gasteiger partial charge on any atom is 0.419 e. The zero-order chi connectivity index (χ0) is 21.0. The molecule has 9 heteroatoms. The van der Waals surface area contributed by atoms with Gasteiger partial charge in [0.1, 0.15) is 23.1 Å². The second kappa shape index (κ2) is 8.17. The number of hydrogen-bond acceptors (Lipinski definition) is 4. The van der Waals surface area contributed by atoms with Gasteiger partial charge >= 0.3 is 6.18 Å². The lowest BCUT2D eigenvalue weighted by Gasteiger charge is -2.12. The van der Waals surface area contributed by atoms with E-state index in [-0.39, 0.29) is 29.4 Å². The Kier molecular flexibility index (Phi) is 5.67. The second-order valence-corrected chi connectivity index (χ2v) is 6.01. The van der Waals surface area contributed by atoms with Crippen LogP contribution in [0.5, 0.6) is 11.5 Å². The van der Waals surface area contributed by atoms with Crippen LogP contribution in [0.25, 0.3) is 0 Å². The molecule has 2 aromatic carbocycles. The normalized spacial score (nSPS) is 11.2. The number of halogens is 4. The molecular weight excluding hydrogens is 390 g/mol.